The highest BCUT2D eigenvalue weighted by atomic mass is 16.2. The molecule has 3 amide bonds. The Morgan fingerprint density at radius 2 is 1.57 bits per heavy atom. The van der Waals surface area contributed by atoms with Crippen LogP contribution in [0.5, 0.6) is 0 Å². The Morgan fingerprint density at radius 3 is 2.14 bits per heavy atom. The van der Waals surface area contributed by atoms with Gasteiger partial charge in [-0.1, -0.05) is 95.5 Å². The third-order valence-electron chi connectivity index (χ3n) is 6.81. The molecular weight excluding hydrogens is 442 g/mol. The summed E-state index contributed by atoms with van der Waals surface area (Å²) in [6.45, 7) is 4.01. The van der Waals surface area contributed by atoms with Gasteiger partial charge in [0.25, 0.3) is 5.91 Å². The summed E-state index contributed by atoms with van der Waals surface area (Å²) >= 11 is 0. The van der Waals surface area contributed by atoms with Crippen LogP contribution in [-0.4, -0.2) is 46.5 Å². The van der Waals surface area contributed by atoms with E-state index in [9.17, 15) is 19.2 Å². The molecule has 1 aromatic carbocycles. The number of amides is 3. The molecule has 1 aliphatic heterocycles. The first-order valence-corrected chi connectivity index (χ1v) is 13.3. The zero-order chi connectivity index (χ0) is 25.7. The number of benzene rings is 1. The van der Waals surface area contributed by atoms with Crippen molar-refractivity contribution < 1.29 is 19.2 Å². The van der Waals surface area contributed by atoms with Gasteiger partial charge in [-0.3, -0.25) is 24.1 Å². The van der Waals surface area contributed by atoms with Crippen LogP contribution in [0.15, 0.2) is 30.3 Å². The lowest BCUT2D eigenvalue weighted by atomic mass is 9.84. The van der Waals surface area contributed by atoms with E-state index in [1.807, 2.05) is 0 Å². The second-order valence-electron chi connectivity index (χ2n) is 9.93. The van der Waals surface area contributed by atoms with Gasteiger partial charge < -0.3 is 11.1 Å². The third-order valence-corrected chi connectivity index (χ3v) is 6.81. The zero-order valence-electron chi connectivity index (χ0n) is 21.5. The summed E-state index contributed by atoms with van der Waals surface area (Å²) in [6, 6.07) is 7.77. The van der Waals surface area contributed by atoms with Crippen molar-refractivity contribution in [2.45, 2.75) is 109 Å². The maximum absolute atomic E-state index is 13.0. The molecule has 35 heavy (non-hydrogen) atoms. The molecule has 1 saturated heterocycles. The number of hydrogen-bond donors (Lipinski definition) is 2. The van der Waals surface area contributed by atoms with Gasteiger partial charge in [-0.25, -0.2) is 0 Å². The second kappa shape index (κ2) is 14.8. The maximum Gasteiger partial charge on any atom is 0.252 e. The van der Waals surface area contributed by atoms with E-state index < -0.39 is 17.5 Å². The van der Waals surface area contributed by atoms with E-state index in [-0.39, 0.29) is 43.4 Å². The van der Waals surface area contributed by atoms with Crippen LogP contribution < -0.4 is 11.1 Å². The largest absolute Gasteiger partial charge is 0.344 e. The summed E-state index contributed by atoms with van der Waals surface area (Å²) in [5.74, 6) is -1.47. The number of nitrogens with zero attached hydrogens (tertiary/aromatic N) is 1. The highest BCUT2D eigenvalue weighted by molar-refractivity contribution is 6.07. The van der Waals surface area contributed by atoms with Gasteiger partial charge in [0.1, 0.15) is 6.04 Å². The van der Waals surface area contributed by atoms with E-state index in [0.717, 1.165) is 69.1 Å². The van der Waals surface area contributed by atoms with E-state index >= 15 is 0 Å². The van der Waals surface area contributed by atoms with Crippen LogP contribution >= 0.6 is 0 Å². The number of likely N-dealkylation sites (tertiary alicyclic amines) is 1. The van der Waals surface area contributed by atoms with Crippen LogP contribution in [0.3, 0.4) is 0 Å². The maximum atomic E-state index is 13.0. The monoisotopic (exact) mass is 485 g/mol. The minimum absolute atomic E-state index is 0.112. The standard InChI is InChI=1S/C28H43N3O4/c1-3-5-7-12-18-28(29,19-13-8-6-4-2)20-25(33)30-23-16-17-26(34)31(27(23)35)21-24(32)22-14-10-9-11-15-22/h9-11,14-15,23H,3-8,12-13,16-21,29H2,1-2H3,(H,30,33). The normalized spacial score (nSPS) is 16.4. The van der Waals surface area contributed by atoms with E-state index in [4.69, 9.17) is 5.73 Å². The van der Waals surface area contributed by atoms with Crippen LogP contribution in [0.1, 0.15) is 108 Å². The zero-order valence-corrected chi connectivity index (χ0v) is 21.5. The number of nitrogens with two attached hydrogens (primary N) is 1. The van der Waals surface area contributed by atoms with Gasteiger partial charge in [-0.2, -0.15) is 0 Å². The Balaban J connectivity index is 1.97. The number of Topliss-reactive ketones (excluding diaryl/α,β-unsaturated/α-hetero) is 1. The van der Waals surface area contributed by atoms with Crippen molar-refractivity contribution in [2.24, 2.45) is 5.73 Å². The molecule has 0 bridgehead atoms. The first-order valence-electron chi connectivity index (χ1n) is 13.3. The number of ketones is 1. The van der Waals surface area contributed by atoms with Crippen molar-refractivity contribution in [1.82, 2.24) is 10.2 Å². The lowest BCUT2D eigenvalue weighted by molar-refractivity contribution is -0.150. The number of unbranched alkanes of at least 4 members (excludes halogenated alkanes) is 6. The van der Waals surface area contributed by atoms with Crippen molar-refractivity contribution in [3.63, 3.8) is 0 Å². The molecule has 2 rings (SSSR count). The number of piperidine rings is 1. The van der Waals surface area contributed by atoms with Crippen molar-refractivity contribution >= 4 is 23.5 Å². The summed E-state index contributed by atoms with van der Waals surface area (Å²) < 4.78 is 0. The van der Waals surface area contributed by atoms with Crippen LogP contribution in [0.2, 0.25) is 0 Å². The van der Waals surface area contributed by atoms with Gasteiger partial charge in [-0.05, 0) is 19.3 Å². The molecule has 1 unspecified atom stereocenters. The highest BCUT2D eigenvalue weighted by Gasteiger charge is 2.37. The molecule has 1 fully saturated rings. The minimum atomic E-state index is -0.812. The summed E-state index contributed by atoms with van der Waals surface area (Å²) in [5, 5.41) is 2.82. The lowest BCUT2D eigenvalue weighted by Gasteiger charge is -2.33. The third kappa shape index (κ3) is 9.55. The Kier molecular flexibility index (Phi) is 12.1. The summed E-state index contributed by atoms with van der Waals surface area (Å²) in [4.78, 5) is 51.9. The number of carbonyl (C=O) groups excluding carboxylic acids is 4. The molecule has 0 spiro atoms. The summed E-state index contributed by atoms with van der Waals surface area (Å²) in [5.41, 5.74) is 6.58. The molecule has 0 aliphatic carbocycles. The molecule has 1 atom stereocenters. The van der Waals surface area contributed by atoms with Gasteiger partial charge in [0.2, 0.25) is 11.8 Å². The predicted molar refractivity (Wildman–Crippen MR) is 138 cm³/mol. The lowest BCUT2D eigenvalue weighted by Crippen LogP contribution is -2.56. The Hall–Kier alpha value is -2.54. The molecule has 0 aromatic heterocycles. The van der Waals surface area contributed by atoms with Gasteiger partial charge >= 0.3 is 0 Å². The number of rotatable bonds is 16. The summed E-state index contributed by atoms with van der Waals surface area (Å²) in [7, 11) is 0. The topological polar surface area (TPSA) is 110 Å². The molecule has 0 radical (unpaired) electrons. The average molecular weight is 486 g/mol. The van der Waals surface area contributed by atoms with Gasteiger partial charge in [-0.15, -0.1) is 0 Å². The quantitative estimate of drug-likeness (QED) is 0.203. The smallest absolute Gasteiger partial charge is 0.252 e. The summed E-state index contributed by atoms with van der Waals surface area (Å²) in [6.07, 6.45) is 10.8. The molecule has 0 saturated carbocycles. The average Bonchev–Trinajstić information content (AvgIpc) is 2.84. The molecule has 1 aliphatic rings. The number of imide groups is 1. The van der Waals surface area contributed by atoms with Crippen molar-refractivity contribution in [3.05, 3.63) is 35.9 Å². The number of carbonyl (C=O) groups is 4. The van der Waals surface area contributed by atoms with Gasteiger partial charge in [0, 0.05) is 23.9 Å². The number of nitrogens with one attached hydrogen (secondary N) is 1. The van der Waals surface area contributed by atoms with Gasteiger partial charge in [0.05, 0.1) is 6.54 Å². The Labute approximate surface area is 210 Å². The van der Waals surface area contributed by atoms with Crippen LogP contribution in [-0.2, 0) is 14.4 Å². The highest BCUT2D eigenvalue weighted by Crippen LogP contribution is 2.25. The SMILES string of the molecule is CCCCCCC(N)(CCCCCC)CC(=O)NC1CCC(=O)N(CC(=O)c2ccccc2)C1=O. The molecule has 3 N–H and O–H groups in total. The molecule has 1 heterocycles. The predicted octanol–water partition coefficient (Wildman–Crippen LogP) is 4.53. The van der Waals surface area contributed by atoms with E-state index in [1.165, 1.54) is 0 Å². The minimum Gasteiger partial charge on any atom is -0.344 e. The fourth-order valence-corrected chi connectivity index (χ4v) is 4.67. The van der Waals surface area contributed by atoms with Crippen LogP contribution in [0, 0.1) is 0 Å². The molecule has 1 aromatic rings. The van der Waals surface area contributed by atoms with Crippen LogP contribution in [0.4, 0.5) is 0 Å². The Morgan fingerprint density at radius 1 is 0.971 bits per heavy atom. The van der Waals surface area contributed by atoms with E-state index in [1.54, 1.807) is 30.3 Å². The van der Waals surface area contributed by atoms with Crippen LogP contribution in [0.25, 0.3) is 0 Å². The van der Waals surface area contributed by atoms with Crippen molar-refractivity contribution in [3.8, 4) is 0 Å². The first-order chi connectivity index (χ1) is 16.8. The van der Waals surface area contributed by atoms with E-state index in [2.05, 4.69) is 19.2 Å². The fourth-order valence-electron chi connectivity index (χ4n) is 4.67. The Bertz CT molecular complexity index is 828. The van der Waals surface area contributed by atoms with Gasteiger partial charge in [0.15, 0.2) is 5.78 Å². The number of hydrogen-bond acceptors (Lipinski definition) is 5. The van der Waals surface area contributed by atoms with Crippen molar-refractivity contribution in [1.29, 1.82) is 0 Å². The molecule has 7 nitrogen and oxygen atoms in total. The second-order valence-corrected chi connectivity index (χ2v) is 9.93. The fraction of sp³-hybridized carbons (Fsp3) is 0.643. The molecule has 7 heteroatoms. The molecular formula is C28H43N3O4. The first kappa shape index (κ1) is 28.7. The van der Waals surface area contributed by atoms with Crippen molar-refractivity contribution in [2.75, 3.05) is 6.54 Å². The molecule has 194 valence electrons. The van der Waals surface area contributed by atoms with E-state index in [0.29, 0.717) is 5.56 Å².